The Morgan fingerprint density at radius 3 is 2.88 bits per heavy atom. The van der Waals surface area contributed by atoms with Crippen molar-refractivity contribution in [2.45, 2.75) is 5.16 Å². The van der Waals surface area contributed by atoms with Crippen LogP contribution >= 0.6 is 23.4 Å². The van der Waals surface area contributed by atoms with Crippen molar-refractivity contribution in [3.05, 3.63) is 59.8 Å². The summed E-state index contributed by atoms with van der Waals surface area (Å²) in [6, 6.07) is 15.6. The summed E-state index contributed by atoms with van der Waals surface area (Å²) in [5.74, 6) is 0.159. The molecule has 0 spiro atoms. The number of carbonyl (C=O) groups excluding carboxylic acids is 1. The van der Waals surface area contributed by atoms with E-state index in [1.165, 1.54) is 11.8 Å². The summed E-state index contributed by atoms with van der Waals surface area (Å²) in [5.41, 5.74) is 2.12. The van der Waals surface area contributed by atoms with Gasteiger partial charge in [-0.3, -0.25) is 4.79 Å². The van der Waals surface area contributed by atoms with Gasteiger partial charge in [-0.2, -0.15) is 0 Å². The summed E-state index contributed by atoms with van der Waals surface area (Å²) in [6.07, 6.45) is 1.55. The molecule has 0 atom stereocenters. The first-order chi connectivity index (χ1) is 12.2. The maximum Gasteiger partial charge on any atom is 0.234 e. The first kappa shape index (κ1) is 15.9. The average molecular weight is 369 g/mol. The number of amides is 1. The molecule has 0 saturated heterocycles. The van der Waals surface area contributed by atoms with Crippen molar-refractivity contribution in [2.75, 3.05) is 11.1 Å². The highest BCUT2D eigenvalue weighted by Gasteiger charge is 2.09. The smallest absolute Gasteiger partial charge is 0.234 e. The predicted molar refractivity (Wildman–Crippen MR) is 102 cm³/mol. The number of imidazole rings is 1. The van der Waals surface area contributed by atoms with Gasteiger partial charge in [0.15, 0.2) is 10.8 Å². The Bertz CT molecular complexity index is 1080. The second-order valence-corrected chi connectivity index (χ2v) is 6.87. The molecule has 0 aliphatic rings. The van der Waals surface area contributed by atoms with E-state index in [9.17, 15) is 4.79 Å². The summed E-state index contributed by atoms with van der Waals surface area (Å²) in [4.78, 5) is 23.8. The number of rotatable bonds is 4. The van der Waals surface area contributed by atoms with Crippen LogP contribution in [0.3, 0.4) is 0 Å². The predicted octanol–water partition coefficient (Wildman–Crippen LogP) is 4.50. The molecule has 25 heavy (non-hydrogen) atoms. The third-order valence-corrected chi connectivity index (χ3v) is 4.74. The molecule has 124 valence electrons. The van der Waals surface area contributed by atoms with E-state index in [1.54, 1.807) is 12.3 Å². The SMILES string of the molecule is O=C(CSc1nc2ncc(Cl)cc2[nH]1)Nc1ccc2ccccc2c1. The van der Waals surface area contributed by atoms with E-state index in [-0.39, 0.29) is 11.7 Å². The van der Waals surface area contributed by atoms with Crippen LogP contribution in [0.25, 0.3) is 21.9 Å². The van der Waals surface area contributed by atoms with Gasteiger partial charge in [-0.1, -0.05) is 53.7 Å². The van der Waals surface area contributed by atoms with Crippen molar-refractivity contribution in [2.24, 2.45) is 0 Å². The summed E-state index contributed by atoms with van der Waals surface area (Å²) < 4.78 is 0. The minimum Gasteiger partial charge on any atom is -0.331 e. The largest absolute Gasteiger partial charge is 0.331 e. The monoisotopic (exact) mass is 368 g/mol. The van der Waals surface area contributed by atoms with Crippen molar-refractivity contribution >= 4 is 56.9 Å². The fraction of sp³-hybridized carbons (Fsp3) is 0.0556. The van der Waals surface area contributed by atoms with Crippen LogP contribution in [0.2, 0.25) is 5.02 Å². The van der Waals surface area contributed by atoms with Gasteiger partial charge in [-0.05, 0) is 29.0 Å². The number of thioether (sulfide) groups is 1. The van der Waals surface area contributed by atoms with Gasteiger partial charge in [0.05, 0.1) is 16.3 Å². The van der Waals surface area contributed by atoms with Crippen LogP contribution in [0.5, 0.6) is 0 Å². The number of pyridine rings is 1. The molecule has 2 aromatic carbocycles. The van der Waals surface area contributed by atoms with E-state index in [0.717, 1.165) is 22.0 Å². The molecule has 2 heterocycles. The number of anilines is 1. The summed E-state index contributed by atoms with van der Waals surface area (Å²) in [6.45, 7) is 0. The van der Waals surface area contributed by atoms with E-state index in [4.69, 9.17) is 11.6 Å². The third kappa shape index (κ3) is 3.60. The van der Waals surface area contributed by atoms with E-state index in [1.807, 2.05) is 42.5 Å². The first-order valence-corrected chi connectivity index (χ1v) is 8.96. The maximum absolute atomic E-state index is 12.2. The first-order valence-electron chi connectivity index (χ1n) is 7.60. The van der Waals surface area contributed by atoms with Crippen LogP contribution in [0.1, 0.15) is 0 Å². The fourth-order valence-corrected chi connectivity index (χ4v) is 3.35. The molecule has 2 aromatic heterocycles. The number of benzene rings is 2. The van der Waals surface area contributed by atoms with Gasteiger partial charge in [-0.15, -0.1) is 0 Å². The Labute approximate surface area is 152 Å². The highest BCUT2D eigenvalue weighted by atomic mass is 35.5. The fourth-order valence-electron chi connectivity index (χ4n) is 2.52. The minimum atomic E-state index is -0.0910. The molecule has 5 nitrogen and oxygen atoms in total. The highest BCUT2D eigenvalue weighted by molar-refractivity contribution is 7.99. The van der Waals surface area contributed by atoms with Crippen molar-refractivity contribution in [1.29, 1.82) is 0 Å². The second-order valence-electron chi connectivity index (χ2n) is 5.47. The minimum absolute atomic E-state index is 0.0910. The van der Waals surface area contributed by atoms with Crippen molar-refractivity contribution in [3.8, 4) is 0 Å². The molecular formula is C18H13ClN4OS. The van der Waals surface area contributed by atoms with Crippen molar-refractivity contribution < 1.29 is 4.79 Å². The molecule has 4 aromatic rings. The van der Waals surface area contributed by atoms with Crippen LogP contribution in [0.4, 0.5) is 5.69 Å². The Balaban J connectivity index is 1.42. The van der Waals surface area contributed by atoms with Crippen LogP contribution in [0, 0.1) is 0 Å². The van der Waals surface area contributed by atoms with Gasteiger partial charge in [0.25, 0.3) is 0 Å². The van der Waals surface area contributed by atoms with E-state index in [2.05, 4.69) is 20.3 Å². The summed E-state index contributed by atoms with van der Waals surface area (Å²) in [7, 11) is 0. The molecule has 0 bridgehead atoms. The van der Waals surface area contributed by atoms with Gasteiger partial charge < -0.3 is 10.3 Å². The number of carbonyl (C=O) groups is 1. The molecule has 7 heteroatoms. The molecule has 4 rings (SSSR count). The Morgan fingerprint density at radius 1 is 1.16 bits per heavy atom. The second kappa shape index (κ2) is 6.74. The third-order valence-electron chi connectivity index (χ3n) is 3.66. The average Bonchev–Trinajstić information content (AvgIpc) is 3.02. The number of nitrogens with one attached hydrogen (secondary N) is 2. The Morgan fingerprint density at radius 2 is 2.00 bits per heavy atom. The number of aromatic nitrogens is 3. The van der Waals surface area contributed by atoms with E-state index < -0.39 is 0 Å². The summed E-state index contributed by atoms with van der Waals surface area (Å²) >= 11 is 7.23. The van der Waals surface area contributed by atoms with Gasteiger partial charge in [0.1, 0.15) is 0 Å². The molecule has 1 amide bonds. The molecule has 2 N–H and O–H groups in total. The molecule has 0 aliphatic carbocycles. The van der Waals surface area contributed by atoms with Crippen LogP contribution < -0.4 is 5.32 Å². The molecule has 0 radical (unpaired) electrons. The molecule has 0 unspecified atom stereocenters. The Hall–Kier alpha value is -2.57. The zero-order chi connectivity index (χ0) is 17.2. The van der Waals surface area contributed by atoms with Crippen LogP contribution in [-0.4, -0.2) is 26.6 Å². The zero-order valence-corrected chi connectivity index (χ0v) is 14.6. The summed E-state index contributed by atoms with van der Waals surface area (Å²) in [5, 5.41) is 6.32. The lowest BCUT2D eigenvalue weighted by atomic mass is 10.1. The van der Waals surface area contributed by atoms with Gasteiger partial charge in [0.2, 0.25) is 5.91 Å². The topological polar surface area (TPSA) is 70.7 Å². The standard InChI is InChI=1S/C18H13ClN4OS/c19-13-8-15-17(20-9-13)23-18(22-15)25-10-16(24)21-14-6-5-11-3-1-2-4-12(11)7-14/h1-9H,10H2,(H,21,24)(H,20,22,23). The number of aromatic amines is 1. The van der Waals surface area contributed by atoms with Gasteiger partial charge >= 0.3 is 0 Å². The Kier molecular flexibility index (Phi) is 4.29. The quantitative estimate of drug-likeness (QED) is 0.520. The van der Waals surface area contributed by atoms with Crippen molar-refractivity contribution in [1.82, 2.24) is 15.0 Å². The number of fused-ring (bicyclic) bond motifs is 2. The van der Waals surface area contributed by atoms with Crippen molar-refractivity contribution in [3.63, 3.8) is 0 Å². The highest BCUT2D eigenvalue weighted by Crippen LogP contribution is 2.22. The van der Waals surface area contributed by atoms with E-state index >= 15 is 0 Å². The lowest BCUT2D eigenvalue weighted by Crippen LogP contribution is -2.14. The molecule has 0 aliphatic heterocycles. The van der Waals surface area contributed by atoms with Gasteiger partial charge in [0, 0.05) is 11.9 Å². The normalized spacial score (nSPS) is 11.1. The number of H-pyrrole nitrogens is 1. The number of halogens is 1. The molecule has 0 saturated carbocycles. The van der Waals surface area contributed by atoms with Crippen LogP contribution in [-0.2, 0) is 4.79 Å². The number of nitrogens with zero attached hydrogens (tertiary/aromatic N) is 2. The molecule has 0 fully saturated rings. The maximum atomic E-state index is 12.2. The lowest BCUT2D eigenvalue weighted by Gasteiger charge is -2.06. The van der Waals surface area contributed by atoms with E-state index in [0.29, 0.717) is 15.8 Å². The molecular weight excluding hydrogens is 356 g/mol. The zero-order valence-electron chi connectivity index (χ0n) is 13.0. The number of hydrogen-bond donors (Lipinski definition) is 2. The lowest BCUT2D eigenvalue weighted by molar-refractivity contribution is -0.113. The van der Waals surface area contributed by atoms with Gasteiger partial charge in [-0.25, -0.2) is 9.97 Å². The number of hydrogen-bond acceptors (Lipinski definition) is 4. The van der Waals surface area contributed by atoms with Crippen LogP contribution in [0.15, 0.2) is 59.9 Å².